The molecule has 1 N–H and O–H groups in total. The van der Waals surface area contributed by atoms with Gasteiger partial charge in [-0.2, -0.15) is 13.2 Å². The van der Waals surface area contributed by atoms with Crippen molar-refractivity contribution in [3.63, 3.8) is 0 Å². The van der Waals surface area contributed by atoms with Gasteiger partial charge in [0, 0.05) is 7.11 Å². The second-order valence-corrected chi connectivity index (χ2v) is 3.42. The zero-order valence-electron chi connectivity index (χ0n) is 9.14. The van der Waals surface area contributed by atoms with E-state index in [-0.39, 0.29) is 6.04 Å². The van der Waals surface area contributed by atoms with Gasteiger partial charge in [0.1, 0.15) is 0 Å². The Morgan fingerprint density at radius 1 is 1.38 bits per heavy atom. The number of halogens is 3. The van der Waals surface area contributed by atoms with Gasteiger partial charge in [-0.25, -0.2) is 0 Å². The molecule has 0 radical (unpaired) electrons. The molecule has 1 atom stereocenters. The van der Waals surface area contributed by atoms with Crippen LogP contribution in [-0.2, 0) is 10.9 Å². The number of nitrogens with one attached hydrogen (secondary N) is 1. The molecule has 0 bridgehead atoms. The second kappa shape index (κ2) is 5.32. The fourth-order valence-corrected chi connectivity index (χ4v) is 1.44. The lowest BCUT2D eigenvalue weighted by Gasteiger charge is -2.17. The minimum atomic E-state index is -4.30. The molecular weight excluding hydrogens is 219 g/mol. The van der Waals surface area contributed by atoms with Crippen LogP contribution in [0.25, 0.3) is 0 Å². The molecule has 0 aliphatic carbocycles. The summed E-state index contributed by atoms with van der Waals surface area (Å²) in [6, 6.07) is 5.02. The molecule has 1 aromatic rings. The quantitative estimate of drug-likeness (QED) is 0.863. The van der Waals surface area contributed by atoms with E-state index >= 15 is 0 Å². The Labute approximate surface area is 92.4 Å². The van der Waals surface area contributed by atoms with Gasteiger partial charge in [0.2, 0.25) is 0 Å². The molecule has 0 unspecified atom stereocenters. The first-order valence-electron chi connectivity index (χ1n) is 4.82. The van der Waals surface area contributed by atoms with Crippen LogP contribution in [-0.4, -0.2) is 20.8 Å². The topological polar surface area (TPSA) is 21.3 Å². The van der Waals surface area contributed by atoms with Crippen LogP contribution in [0, 0.1) is 0 Å². The van der Waals surface area contributed by atoms with Gasteiger partial charge in [-0.3, -0.25) is 0 Å². The number of rotatable bonds is 4. The van der Waals surface area contributed by atoms with Crippen LogP contribution in [0.15, 0.2) is 24.3 Å². The maximum Gasteiger partial charge on any atom is 0.416 e. The van der Waals surface area contributed by atoms with E-state index in [0.29, 0.717) is 12.2 Å². The van der Waals surface area contributed by atoms with Crippen molar-refractivity contribution in [2.24, 2.45) is 0 Å². The second-order valence-electron chi connectivity index (χ2n) is 3.42. The third-order valence-corrected chi connectivity index (χ3v) is 2.30. The molecule has 0 aliphatic rings. The lowest BCUT2D eigenvalue weighted by molar-refractivity contribution is -0.137. The van der Waals surface area contributed by atoms with Crippen molar-refractivity contribution in [3.8, 4) is 0 Å². The largest absolute Gasteiger partial charge is 0.416 e. The fourth-order valence-electron chi connectivity index (χ4n) is 1.44. The smallest absolute Gasteiger partial charge is 0.383 e. The summed E-state index contributed by atoms with van der Waals surface area (Å²) in [5.41, 5.74) is -0.0690. The Bertz CT molecular complexity index is 338. The third kappa shape index (κ3) is 3.21. The average Bonchev–Trinajstić information content (AvgIpc) is 2.25. The van der Waals surface area contributed by atoms with Crippen LogP contribution in [0.1, 0.15) is 17.2 Å². The van der Waals surface area contributed by atoms with Crippen LogP contribution in [0.4, 0.5) is 13.2 Å². The summed E-state index contributed by atoms with van der Waals surface area (Å²) >= 11 is 0. The summed E-state index contributed by atoms with van der Waals surface area (Å²) in [6.45, 7) is 0.331. The van der Waals surface area contributed by atoms with Crippen molar-refractivity contribution in [2.75, 3.05) is 20.8 Å². The summed E-state index contributed by atoms with van der Waals surface area (Å²) in [5.74, 6) is 0. The molecule has 0 aromatic heterocycles. The van der Waals surface area contributed by atoms with E-state index in [9.17, 15) is 13.2 Å². The van der Waals surface area contributed by atoms with Crippen molar-refractivity contribution in [1.29, 1.82) is 0 Å². The van der Waals surface area contributed by atoms with Gasteiger partial charge in [0.05, 0.1) is 18.2 Å². The summed E-state index contributed by atoms with van der Waals surface area (Å²) in [4.78, 5) is 0. The highest BCUT2D eigenvalue weighted by atomic mass is 19.4. The van der Waals surface area contributed by atoms with Crippen LogP contribution in [0.3, 0.4) is 0 Å². The summed E-state index contributed by atoms with van der Waals surface area (Å²) < 4.78 is 42.3. The molecule has 2 nitrogen and oxygen atoms in total. The molecule has 1 aromatic carbocycles. The number of hydrogen-bond donors (Lipinski definition) is 1. The van der Waals surface area contributed by atoms with Gasteiger partial charge in [0.15, 0.2) is 0 Å². The molecule has 0 saturated heterocycles. The standard InChI is InChI=1S/C11H14F3NO/c1-15-10(7-16-2)8-4-3-5-9(6-8)11(12,13)14/h3-6,10,15H,7H2,1-2H3/t10-/m1/s1. The van der Waals surface area contributed by atoms with E-state index in [2.05, 4.69) is 5.32 Å². The van der Waals surface area contributed by atoms with Gasteiger partial charge in [0.25, 0.3) is 0 Å². The van der Waals surface area contributed by atoms with E-state index in [1.54, 1.807) is 13.1 Å². The molecule has 16 heavy (non-hydrogen) atoms. The zero-order valence-corrected chi connectivity index (χ0v) is 9.14. The molecular formula is C11H14F3NO. The predicted molar refractivity (Wildman–Crippen MR) is 55.1 cm³/mol. The molecule has 0 spiro atoms. The van der Waals surface area contributed by atoms with Crippen molar-refractivity contribution in [2.45, 2.75) is 12.2 Å². The normalized spacial score (nSPS) is 13.8. The Kier molecular flexibility index (Phi) is 4.32. The van der Waals surface area contributed by atoms with E-state index in [1.807, 2.05) is 0 Å². The molecule has 5 heteroatoms. The molecule has 90 valence electrons. The molecule has 1 rings (SSSR count). The Balaban J connectivity index is 2.97. The van der Waals surface area contributed by atoms with Gasteiger partial charge in [-0.05, 0) is 24.7 Å². The van der Waals surface area contributed by atoms with Crippen molar-refractivity contribution >= 4 is 0 Å². The van der Waals surface area contributed by atoms with E-state index in [4.69, 9.17) is 4.74 Å². The average molecular weight is 233 g/mol. The number of likely N-dealkylation sites (N-methyl/N-ethyl adjacent to an activating group) is 1. The lowest BCUT2D eigenvalue weighted by atomic mass is 10.0. The molecule has 0 fully saturated rings. The lowest BCUT2D eigenvalue weighted by Crippen LogP contribution is -2.21. The van der Waals surface area contributed by atoms with E-state index in [0.717, 1.165) is 12.1 Å². The van der Waals surface area contributed by atoms with Crippen LogP contribution in [0.5, 0.6) is 0 Å². The zero-order chi connectivity index (χ0) is 12.2. The first-order valence-corrected chi connectivity index (χ1v) is 4.82. The predicted octanol–water partition coefficient (Wildman–Crippen LogP) is 2.61. The molecule has 0 aliphatic heterocycles. The maximum atomic E-state index is 12.5. The highest BCUT2D eigenvalue weighted by Gasteiger charge is 2.30. The number of hydrogen-bond acceptors (Lipinski definition) is 2. The SMILES string of the molecule is CN[C@H](COC)c1cccc(C(F)(F)F)c1. The molecule has 0 amide bonds. The van der Waals surface area contributed by atoms with E-state index < -0.39 is 11.7 Å². The number of alkyl halides is 3. The van der Waals surface area contributed by atoms with Gasteiger partial charge < -0.3 is 10.1 Å². The van der Waals surface area contributed by atoms with Crippen LogP contribution in [0.2, 0.25) is 0 Å². The number of methoxy groups -OCH3 is 1. The van der Waals surface area contributed by atoms with Crippen molar-refractivity contribution < 1.29 is 17.9 Å². The highest BCUT2D eigenvalue weighted by Crippen LogP contribution is 2.30. The van der Waals surface area contributed by atoms with Crippen LogP contribution >= 0.6 is 0 Å². The maximum absolute atomic E-state index is 12.5. The van der Waals surface area contributed by atoms with Gasteiger partial charge in [-0.1, -0.05) is 12.1 Å². The minimum absolute atomic E-state index is 0.229. The highest BCUT2D eigenvalue weighted by molar-refractivity contribution is 5.28. The van der Waals surface area contributed by atoms with Gasteiger partial charge in [-0.15, -0.1) is 0 Å². The summed E-state index contributed by atoms with van der Waals surface area (Å²) in [7, 11) is 3.20. The van der Waals surface area contributed by atoms with E-state index in [1.165, 1.54) is 13.2 Å². The van der Waals surface area contributed by atoms with Gasteiger partial charge >= 0.3 is 6.18 Å². The third-order valence-electron chi connectivity index (χ3n) is 2.30. The summed E-state index contributed by atoms with van der Waals surface area (Å²) in [5, 5.41) is 2.91. The van der Waals surface area contributed by atoms with Crippen molar-refractivity contribution in [3.05, 3.63) is 35.4 Å². The van der Waals surface area contributed by atoms with Crippen molar-refractivity contribution in [1.82, 2.24) is 5.32 Å². The Morgan fingerprint density at radius 3 is 2.56 bits per heavy atom. The summed E-state index contributed by atoms with van der Waals surface area (Å²) in [6.07, 6.45) is -4.30. The Hall–Kier alpha value is -1.07. The monoisotopic (exact) mass is 233 g/mol. The molecule has 0 saturated carbocycles. The number of benzene rings is 1. The number of ether oxygens (including phenoxy) is 1. The molecule has 0 heterocycles. The first-order chi connectivity index (χ1) is 7.49. The minimum Gasteiger partial charge on any atom is -0.383 e. The van der Waals surface area contributed by atoms with Crippen LogP contribution < -0.4 is 5.32 Å². The Morgan fingerprint density at radius 2 is 2.06 bits per heavy atom. The fraction of sp³-hybridized carbons (Fsp3) is 0.455. The first kappa shape index (κ1) is 13.0.